The highest BCUT2D eigenvalue weighted by molar-refractivity contribution is 5.99. The van der Waals surface area contributed by atoms with E-state index in [1.54, 1.807) is 4.90 Å². The number of aryl methyl sites for hydroxylation is 1. The number of anilines is 1. The number of benzene rings is 2. The Morgan fingerprint density at radius 1 is 1.06 bits per heavy atom. The lowest BCUT2D eigenvalue weighted by atomic mass is 10.1. The smallest absolute Gasteiger partial charge is 0.268 e. The number of nitrogens with zero attached hydrogens (tertiary/aromatic N) is 2. The lowest BCUT2D eigenvalue weighted by molar-refractivity contribution is -0.123. The van der Waals surface area contributed by atoms with Crippen molar-refractivity contribution in [3.05, 3.63) is 53.6 Å². The molecule has 2 atom stereocenters. The van der Waals surface area contributed by atoms with Crippen LogP contribution in [0.25, 0.3) is 0 Å². The molecule has 0 unspecified atom stereocenters. The number of carbonyl (C=O) groups excluding carboxylic acids is 2. The standard InChI is InChI=1S/C27H33N3O4/c1-18-17-21(8-11-24(18)33-16-15-29-13-2-3-23(29)26(28)31)30-14-12-25(27(30)32)34-22-9-6-20(7-10-22)19-4-5-19/h6-11,17,19,23,25H,2-5,12-16H2,1H3,(H2,28,31)/t23-,25-/m0/s1. The van der Waals surface area contributed by atoms with Crippen LogP contribution in [0.4, 0.5) is 5.69 Å². The molecule has 1 aliphatic carbocycles. The summed E-state index contributed by atoms with van der Waals surface area (Å²) in [5.74, 6) is 1.98. The zero-order valence-corrected chi connectivity index (χ0v) is 19.7. The van der Waals surface area contributed by atoms with E-state index in [-0.39, 0.29) is 17.9 Å². The minimum Gasteiger partial charge on any atom is -0.492 e. The first kappa shape index (κ1) is 22.7. The van der Waals surface area contributed by atoms with E-state index < -0.39 is 6.10 Å². The quantitative estimate of drug-likeness (QED) is 0.616. The van der Waals surface area contributed by atoms with Crippen LogP contribution in [-0.2, 0) is 9.59 Å². The Labute approximate surface area is 200 Å². The van der Waals surface area contributed by atoms with E-state index in [1.807, 2.05) is 37.3 Å². The second kappa shape index (κ2) is 9.66. The van der Waals surface area contributed by atoms with E-state index in [0.29, 0.717) is 32.0 Å². The largest absolute Gasteiger partial charge is 0.492 e. The van der Waals surface area contributed by atoms with E-state index in [0.717, 1.165) is 42.1 Å². The summed E-state index contributed by atoms with van der Waals surface area (Å²) in [6.45, 7) is 4.64. The fourth-order valence-electron chi connectivity index (χ4n) is 5.07. The van der Waals surface area contributed by atoms with E-state index >= 15 is 0 Å². The molecule has 1 saturated carbocycles. The van der Waals surface area contributed by atoms with Crippen molar-refractivity contribution in [2.45, 2.75) is 57.1 Å². The Bertz CT molecular complexity index is 1050. The average molecular weight is 464 g/mol. The normalized spacial score (nSPS) is 22.9. The van der Waals surface area contributed by atoms with Gasteiger partial charge in [-0.3, -0.25) is 14.5 Å². The van der Waals surface area contributed by atoms with Crippen molar-refractivity contribution in [2.24, 2.45) is 5.73 Å². The van der Waals surface area contributed by atoms with Crippen LogP contribution in [0.3, 0.4) is 0 Å². The first-order chi connectivity index (χ1) is 16.5. The summed E-state index contributed by atoms with van der Waals surface area (Å²) in [5.41, 5.74) is 8.68. The van der Waals surface area contributed by atoms with Crippen LogP contribution in [0.5, 0.6) is 11.5 Å². The van der Waals surface area contributed by atoms with Crippen LogP contribution in [0.1, 0.15) is 49.1 Å². The third-order valence-corrected chi connectivity index (χ3v) is 7.16. The molecule has 7 heteroatoms. The van der Waals surface area contributed by atoms with E-state index in [1.165, 1.54) is 18.4 Å². The van der Waals surface area contributed by atoms with Gasteiger partial charge in [-0.05, 0) is 86.5 Å². The molecule has 2 saturated heterocycles. The van der Waals surface area contributed by atoms with Gasteiger partial charge < -0.3 is 20.1 Å². The van der Waals surface area contributed by atoms with E-state index in [4.69, 9.17) is 15.2 Å². The zero-order chi connectivity index (χ0) is 23.7. The molecular weight excluding hydrogens is 430 g/mol. The highest BCUT2D eigenvalue weighted by atomic mass is 16.5. The molecule has 2 aromatic rings. The minimum atomic E-state index is -0.457. The van der Waals surface area contributed by atoms with Crippen molar-refractivity contribution >= 4 is 17.5 Å². The maximum absolute atomic E-state index is 13.0. The molecule has 2 aromatic carbocycles. The van der Waals surface area contributed by atoms with E-state index in [9.17, 15) is 9.59 Å². The molecule has 0 radical (unpaired) electrons. The van der Waals surface area contributed by atoms with Gasteiger partial charge >= 0.3 is 0 Å². The predicted octanol–water partition coefficient (Wildman–Crippen LogP) is 3.39. The molecule has 0 spiro atoms. The van der Waals surface area contributed by atoms with Gasteiger partial charge in [0.25, 0.3) is 5.91 Å². The molecular formula is C27H33N3O4. The van der Waals surface area contributed by atoms with Crippen LogP contribution in [0, 0.1) is 6.92 Å². The van der Waals surface area contributed by atoms with Crippen molar-refractivity contribution in [1.29, 1.82) is 0 Å². The van der Waals surface area contributed by atoms with Crippen LogP contribution in [0.2, 0.25) is 0 Å². The number of primary amides is 1. The molecule has 34 heavy (non-hydrogen) atoms. The summed E-state index contributed by atoms with van der Waals surface area (Å²) < 4.78 is 12.0. The molecule has 180 valence electrons. The second-order valence-corrected chi connectivity index (χ2v) is 9.62. The Kier molecular flexibility index (Phi) is 6.46. The van der Waals surface area contributed by atoms with Crippen molar-refractivity contribution < 1.29 is 19.1 Å². The summed E-state index contributed by atoms with van der Waals surface area (Å²) in [7, 11) is 0. The third kappa shape index (κ3) is 4.89. The molecule has 0 aromatic heterocycles. The van der Waals surface area contributed by atoms with Gasteiger partial charge in [0.1, 0.15) is 18.1 Å². The SMILES string of the molecule is Cc1cc(N2CC[C@H](Oc3ccc(C4CC4)cc3)C2=O)ccc1OCCN1CCC[C@H]1C(N)=O. The van der Waals surface area contributed by atoms with Crippen LogP contribution in [0.15, 0.2) is 42.5 Å². The number of hydrogen-bond acceptors (Lipinski definition) is 5. The van der Waals surface area contributed by atoms with Gasteiger partial charge in [0.15, 0.2) is 6.10 Å². The number of likely N-dealkylation sites (tertiary alicyclic amines) is 1. The third-order valence-electron chi connectivity index (χ3n) is 7.16. The van der Waals surface area contributed by atoms with Gasteiger partial charge in [-0.1, -0.05) is 12.1 Å². The second-order valence-electron chi connectivity index (χ2n) is 9.62. The molecule has 7 nitrogen and oxygen atoms in total. The Hall–Kier alpha value is -3.06. The van der Waals surface area contributed by atoms with Gasteiger partial charge in [0.05, 0.1) is 6.04 Å². The monoisotopic (exact) mass is 463 g/mol. The zero-order valence-electron chi connectivity index (χ0n) is 19.7. The highest BCUT2D eigenvalue weighted by Gasteiger charge is 2.35. The Morgan fingerprint density at radius 2 is 1.85 bits per heavy atom. The first-order valence-electron chi connectivity index (χ1n) is 12.3. The van der Waals surface area contributed by atoms with Crippen molar-refractivity contribution in [3.63, 3.8) is 0 Å². The van der Waals surface area contributed by atoms with Crippen molar-refractivity contribution in [2.75, 3.05) is 31.1 Å². The predicted molar refractivity (Wildman–Crippen MR) is 130 cm³/mol. The van der Waals surface area contributed by atoms with Gasteiger partial charge in [0.2, 0.25) is 5.91 Å². The number of carbonyl (C=O) groups is 2. The molecule has 2 aliphatic heterocycles. The average Bonchev–Trinajstić information content (AvgIpc) is 3.46. The fourth-order valence-corrected chi connectivity index (χ4v) is 5.07. The summed E-state index contributed by atoms with van der Waals surface area (Å²) in [6, 6.07) is 13.8. The number of ether oxygens (including phenoxy) is 2. The summed E-state index contributed by atoms with van der Waals surface area (Å²) in [4.78, 5) is 28.5. The number of amides is 2. The highest BCUT2D eigenvalue weighted by Crippen LogP contribution is 2.40. The molecule has 0 bridgehead atoms. The number of rotatable bonds is 9. The molecule has 2 N–H and O–H groups in total. The summed E-state index contributed by atoms with van der Waals surface area (Å²) in [6.07, 6.45) is 4.56. The Balaban J connectivity index is 1.15. The number of hydrogen-bond donors (Lipinski definition) is 1. The van der Waals surface area contributed by atoms with Gasteiger partial charge in [-0.2, -0.15) is 0 Å². The van der Waals surface area contributed by atoms with Gasteiger partial charge in [0, 0.05) is 25.2 Å². The minimum absolute atomic E-state index is 0.00846. The molecule has 3 aliphatic rings. The lowest BCUT2D eigenvalue weighted by Gasteiger charge is -2.22. The first-order valence-corrected chi connectivity index (χ1v) is 12.3. The maximum Gasteiger partial charge on any atom is 0.268 e. The summed E-state index contributed by atoms with van der Waals surface area (Å²) >= 11 is 0. The van der Waals surface area contributed by atoms with Crippen LogP contribution in [-0.4, -0.2) is 55.1 Å². The number of nitrogens with two attached hydrogens (primary N) is 1. The molecule has 2 heterocycles. The van der Waals surface area contributed by atoms with Crippen molar-refractivity contribution in [1.82, 2.24) is 4.90 Å². The lowest BCUT2D eigenvalue weighted by Crippen LogP contribution is -2.42. The molecule has 2 amide bonds. The van der Waals surface area contributed by atoms with Crippen LogP contribution < -0.4 is 20.1 Å². The summed E-state index contributed by atoms with van der Waals surface area (Å²) in [5, 5.41) is 0. The van der Waals surface area contributed by atoms with Gasteiger partial charge in [-0.15, -0.1) is 0 Å². The van der Waals surface area contributed by atoms with E-state index in [2.05, 4.69) is 17.0 Å². The van der Waals surface area contributed by atoms with Gasteiger partial charge in [-0.25, -0.2) is 0 Å². The maximum atomic E-state index is 13.0. The topological polar surface area (TPSA) is 85.1 Å². The molecule has 5 rings (SSSR count). The Morgan fingerprint density at radius 3 is 2.56 bits per heavy atom. The fraction of sp³-hybridized carbons (Fsp3) is 0.481. The van der Waals surface area contributed by atoms with Crippen molar-refractivity contribution in [3.8, 4) is 11.5 Å². The molecule has 3 fully saturated rings. The van der Waals surface area contributed by atoms with Crippen LogP contribution >= 0.6 is 0 Å².